The summed E-state index contributed by atoms with van der Waals surface area (Å²) in [6.45, 7) is 3.56. The number of alkyl halides is 1. The van der Waals surface area contributed by atoms with Gasteiger partial charge < -0.3 is 9.64 Å². The molecule has 0 heterocycles. The smallest absolute Gasteiger partial charge is 0.243 e. The number of para-hydroxylation sites is 1. The molecule has 1 amide bonds. The van der Waals surface area contributed by atoms with Gasteiger partial charge in [-0.1, -0.05) is 46.3 Å². The molecule has 0 aliphatic carbocycles. The number of anilines is 1. The van der Waals surface area contributed by atoms with E-state index in [4.69, 9.17) is 4.74 Å². The summed E-state index contributed by atoms with van der Waals surface area (Å²) in [6, 6.07) is 15.2. The fourth-order valence-electron chi connectivity index (χ4n) is 2.54. The van der Waals surface area contributed by atoms with Crippen molar-refractivity contribution in [1.29, 1.82) is 5.26 Å². The lowest BCUT2D eigenvalue weighted by Crippen LogP contribution is -2.39. The molecular weight excluding hydrogens is 368 g/mol. The van der Waals surface area contributed by atoms with E-state index in [9.17, 15) is 10.1 Å². The summed E-state index contributed by atoms with van der Waals surface area (Å²) in [6.07, 6.45) is 0. The molecule has 0 aromatic heterocycles. The van der Waals surface area contributed by atoms with Crippen LogP contribution < -0.4 is 9.64 Å². The second kappa shape index (κ2) is 7.06. The molecule has 0 atom stereocenters. The van der Waals surface area contributed by atoms with E-state index in [0.717, 1.165) is 11.1 Å². The summed E-state index contributed by atoms with van der Waals surface area (Å²) < 4.78 is 4.69. The normalized spacial score (nSPS) is 10.8. The van der Waals surface area contributed by atoms with Gasteiger partial charge in [-0.3, -0.25) is 4.79 Å². The van der Waals surface area contributed by atoms with Gasteiger partial charge in [0.05, 0.1) is 22.7 Å². The summed E-state index contributed by atoms with van der Waals surface area (Å²) in [5, 5.41) is 9.72. The van der Waals surface area contributed by atoms with Gasteiger partial charge in [0.1, 0.15) is 11.8 Å². The van der Waals surface area contributed by atoms with Crippen LogP contribution >= 0.6 is 15.9 Å². The van der Waals surface area contributed by atoms with Crippen molar-refractivity contribution in [3.05, 3.63) is 48.0 Å². The first-order chi connectivity index (χ1) is 11.3. The van der Waals surface area contributed by atoms with Gasteiger partial charge in [-0.05, 0) is 26.0 Å². The number of nitrogens with zero attached hydrogens (tertiary/aromatic N) is 2. The molecule has 2 rings (SSSR count). The third-order valence-corrected chi connectivity index (χ3v) is 4.07. The van der Waals surface area contributed by atoms with Crippen LogP contribution in [0.5, 0.6) is 5.75 Å². The molecule has 0 unspecified atom stereocenters. The fraction of sp³-hybridized carbons (Fsp3) is 0.263. The zero-order chi connectivity index (χ0) is 17.9. The maximum atomic E-state index is 12.5. The highest BCUT2D eigenvalue weighted by atomic mass is 79.9. The summed E-state index contributed by atoms with van der Waals surface area (Å²) in [5.74, 6) is 0.553. The first-order valence-corrected chi connectivity index (χ1v) is 8.24. The lowest BCUT2D eigenvalue weighted by Gasteiger charge is -2.26. The molecule has 0 bridgehead atoms. The Kier molecular flexibility index (Phi) is 5.30. The SMILES string of the molecule is COc1ccccc1-c1cccc(N(C)C(=O)C(C)(C)Br)c1C#N. The average Bonchev–Trinajstić information content (AvgIpc) is 2.58. The van der Waals surface area contributed by atoms with Gasteiger partial charge in [0.15, 0.2) is 0 Å². The van der Waals surface area contributed by atoms with E-state index in [0.29, 0.717) is 17.0 Å². The van der Waals surface area contributed by atoms with Crippen LogP contribution in [0.15, 0.2) is 42.5 Å². The zero-order valence-electron chi connectivity index (χ0n) is 14.1. The standard InChI is InChI=1S/C19H19BrN2O2/c1-19(2,20)18(23)22(3)16-10-7-9-13(15(16)12-21)14-8-5-6-11-17(14)24-4/h5-11H,1-4H3. The fourth-order valence-corrected chi connectivity index (χ4v) is 2.80. The largest absolute Gasteiger partial charge is 0.496 e. The number of carbonyl (C=O) groups is 1. The second-order valence-electron chi connectivity index (χ2n) is 5.85. The molecule has 0 spiro atoms. The molecule has 124 valence electrons. The highest BCUT2D eigenvalue weighted by Crippen LogP contribution is 2.36. The molecule has 0 aliphatic heterocycles. The lowest BCUT2D eigenvalue weighted by atomic mass is 9.97. The van der Waals surface area contributed by atoms with Gasteiger partial charge >= 0.3 is 0 Å². The van der Waals surface area contributed by atoms with Crippen LogP contribution in [0, 0.1) is 11.3 Å². The van der Waals surface area contributed by atoms with Crippen molar-refractivity contribution in [2.45, 2.75) is 18.2 Å². The van der Waals surface area contributed by atoms with Crippen molar-refractivity contribution < 1.29 is 9.53 Å². The Hall–Kier alpha value is -2.32. The number of nitriles is 1. The van der Waals surface area contributed by atoms with E-state index in [2.05, 4.69) is 22.0 Å². The highest BCUT2D eigenvalue weighted by molar-refractivity contribution is 9.10. The number of amides is 1. The minimum absolute atomic E-state index is 0.129. The minimum atomic E-state index is -0.713. The molecule has 5 heteroatoms. The molecule has 0 radical (unpaired) electrons. The number of hydrogen-bond donors (Lipinski definition) is 0. The van der Waals surface area contributed by atoms with Gasteiger partial charge in [-0.2, -0.15) is 5.26 Å². The van der Waals surface area contributed by atoms with Crippen molar-refractivity contribution >= 4 is 27.5 Å². The third kappa shape index (κ3) is 3.44. The quantitative estimate of drug-likeness (QED) is 0.732. The van der Waals surface area contributed by atoms with Crippen LogP contribution in [0.1, 0.15) is 19.4 Å². The van der Waals surface area contributed by atoms with E-state index in [-0.39, 0.29) is 5.91 Å². The summed E-state index contributed by atoms with van der Waals surface area (Å²) in [4.78, 5) is 14.1. The Morgan fingerprint density at radius 1 is 1.17 bits per heavy atom. The summed E-state index contributed by atoms with van der Waals surface area (Å²) >= 11 is 3.38. The molecule has 0 N–H and O–H groups in total. The lowest BCUT2D eigenvalue weighted by molar-refractivity contribution is -0.119. The molecule has 0 saturated carbocycles. The molecule has 2 aromatic carbocycles. The number of benzene rings is 2. The van der Waals surface area contributed by atoms with Crippen molar-refractivity contribution in [3.8, 4) is 22.9 Å². The first kappa shape index (κ1) is 18.0. The van der Waals surface area contributed by atoms with Gasteiger partial charge in [-0.15, -0.1) is 0 Å². The summed E-state index contributed by atoms with van der Waals surface area (Å²) in [5.41, 5.74) is 2.56. The van der Waals surface area contributed by atoms with Gasteiger partial charge in [0.2, 0.25) is 5.91 Å². The molecule has 4 nitrogen and oxygen atoms in total. The van der Waals surface area contributed by atoms with Crippen LogP contribution in [0.3, 0.4) is 0 Å². The molecule has 0 fully saturated rings. The highest BCUT2D eigenvalue weighted by Gasteiger charge is 2.29. The molecule has 24 heavy (non-hydrogen) atoms. The monoisotopic (exact) mass is 386 g/mol. The Labute approximate surface area is 150 Å². The third-order valence-electron chi connectivity index (χ3n) is 3.73. The van der Waals surface area contributed by atoms with Crippen LogP contribution in [0.4, 0.5) is 5.69 Å². The minimum Gasteiger partial charge on any atom is -0.496 e. The topological polar surface area (TPSA) is 53.3 Å². The number of hydrogen-bond acceptors (Lipinski definition) is 3. The maximum absolute atomic E-state index is 12.5. The van der Waals surface area contributed by atoms with E-state index in [1.54, 1.807) is 34.1 Å². The van der Waals surface area contributed by atoms with Crippen molar-refractivity contribution in [3.63, 3.8) is 0 Å². The van der Waals surface area contributed by atoms with Crippen LogP contribution in [0.2, 0.25) is 0 Å². The van der Waals surface area contributed by atoms with Gasteiger partial charge in [-0.25, -0.2) is 0 Å². The Morgan fingerprint density at radius 3 is 2.38 bits per heavy atom. The number of carbonyl (C=O) groups excluding carboxylic acids is 1. The van der Waals surface area contributed by atoms with Gasteiger partial charge in [0.25, 0.3) is 0 Å². The first-order valence-electron chi connectivity index (χ1n) is 7.44. The van der Waals surface area contributed by atoms with Crippen molar-refractivity contribution in [2.75, 3.05) is 19.1 Å². The van der Waals surface area contributed by atoms with E-state index in [1.165, 1.54) is 4.90 Å². The Morgan fingerprint density at radius 2 is 1.79 bits per heavy atom. The van der Waals surface area contributed by atoms with Crippen LogP contribution in [-0.4, -0.2) is 24.4 Å². The molecule has 0 saturated heterocycles. The van der Waals surface area contributed by atoms with Gasteiger partial charge in [0, 0.05) is 18.2 Å². The second-order valence-corrected chi connectivity index (χ2v) is 7.83. The summed E-state index contributed by atoms with van der Waals surface area (Å²) in [7, 11) is 3.27. The Bertz CT molecular complexity index is 804. The van der Waals surface area contributed by atoms with Crippen LogP contribution in [0.25, 0.3) is 11.1 Å². The average molecular weight is 387 g/mol. The van der Waals surface area contributed by atoms with E-state index in [1.807, 2.05) is 36.4 Å². The molecule has 2 aromatic rings. The van der Waals surface area contributed by atoms with E-state index >= 15 is 0 Å². The number of ether oxygens (including phenoxy) is 1. The predicted molar refractivity (Wildman–Crippen MR) is 99.6 cm³/mol. The van der Waals surface area contributed by atoms with Crippen molar-refractivity contribution in [2.24, 2.45) is 0 Å². The number of rotatable bonds is 4. The number of halogens is 1. The van der Waals surface area contributed by atoms with Crippen molar-refractivity contribution in [1.82, 2.24) is 0 Å². The zero-order valence-corrected chi connectivity index (χ0v) is 15.7. The predicted octanol–water partition coefficient (Wildman–Crippen LogP) is 4.37. The Balaban J connectivity index is 2.63. The van der Waals surface area contributed by atoms with E-state index < -0.39 is 4.32 Å². The molecular formula is C19H19BrN2O2. The van der Waals surface area contributed by atoms with Crippen LogP contribution in [-0.2, 0) is 4.79 Å². The number of methoxy groups -OCH3 is 1. The maximum Gasteiger partial charge on any atom is 0.243 e. The molecule has 0 aliphatic rings.